The largest absolute Gasteiger partial charge is 0.478 e. The molecular formula is C9H10N2O4S. The maximum atomic E-state index is 10.7. The van der Waals surface area contributed by atoms with E-state index in [2.05, 4.69) is 4.98 Å². The average molecular weight is 242 g/mol. The molecule has 0 bridgehead atoms. The number of carbonyl (C=O) groups is 1. The van der Waals surface area contributed by atoms with Gasteiger partial charge < -0.3 is 5.11 Å². The Kier molecular flexibility index (Phi) is 3.83. The minimum absolute atomic E-state index is 0.141. The second kappa shape index (κ2) is 4.93. The normalized spacial score (nSPS) is 10.4. The third-order valence-corrected chi connectivity index (χ3v) is 2.63. The van der Waals surface area contributed by atoms with Crippen molar-refractivity contribution >= 4 is 23.4 Å². The molecule has 0 radical (unpaired) electrons. The molecule has 1 heterocycles. The van der Waals surface area contributed by atoms with Gasteiger partial charge >= 0.3 is 11.7 Å². The number of pyridine rings is 1. The molecule has 86 valence electrons. The van der Waals surface area contributed by atoms with Gasteiger partial charge in [-0.3, -0.25) is 10.1 Å². The van der Waals surface area contributed by atoms with Gasteiger partial charge in [0.1, 0.15) is 0 Å². The van der Waals surface area contributed by atoms with Gasteiger partial charge in [0.25, 0.3) is 0 Å². The van der Waals surface area contributed by atoms with E-state index in [1.807, 2.05) is 13.8 Å². The molecule has 0 aliphatic rings. The van der Waals surface area contributed by atoms with Crippen molar-refractivity contribution in [2.45, 2.75) is 24.1 Å². The Morgan fingerprint density at radius 3 is 2.69 bits per heavy atom. The van der Waals surface area contributed by atoms with Crippen LogP contribution in [0.15, 0.2) is 17.3 Å². The van der Waals surface area contributed by atoms with Gasteiger partial charge in [-0.25, -0.2) is 9.78 Å². The van der Waals surface area contributed by atoms with Crippen molar-refractivity contribution in [2.24, 2.45) is 0 Å². The van der Waals surface area contributed by atoms with E-state index >= 15 is 0 Å². The molecule has 0 aromatic carbocycles. The number of hydrogen-bond acceptors (Lipinski definition) is 5. The number of thioether (sulfide) groups is 1. The summed E-state index contributed by atoms with van der Waals surface area (Å²) in [7, 11) is 0. The number of carboxylic acid groups (broad SMARTS) is 1. The number of carboxylic acids is 1. The fourth-order valence-corrected chi connectivity index (χ4v) is 1.82. The van der Waals surface area contributed by atoms with Crippen LogP contribution < -0.4 is 0 Å². The monoisotopic (exact) mass is 242 g/mol. The van der Waals surface area contributed by atoms with Crippen LogP contribution in [0, 0.1) is 10.1 Å². The highest BCUT2D eigenvalue weighted by Gasteiger charge is 2.19. The van der Waals surface area contributed by atoms with Crippen LogP contribution in [0.5, 0.6) is 0 Å². The molecular weight excluding hydrogens is 232 g/mol. The van der Waals surface area contributed by atoms with Crippen LogP contribution in [0.2, 0.25) is 0 Å². The first kappa shape index (κ1) is 12.4. The minimum Gasteiger partial charge on any atom is -0.478 e. The van der Waals surface area contributed by atoms with Gasteiger partial charge in [-0.15, -0.1) is 0 Å². The zero-order chi connectivity index (χ0) is 12.3. The van der Waals surface area contributed by atoms with Crippen LogP contribution in [0.25, 0.3) is 0 Å². The first-order valence-electron chi connectivity index (χ1n) is 4.46. The van der Waals surface area contributed by atoms with E-state index in [1.165, 1.54) is 11.8 Å². The minimum atomic E-state index is -1.23. The van der Waals surface area contributed by atoms with E-state index in [0.717, 1.165) is 12.3 Å². The lowest BCUT2D eigenvalue weighted by molar-refractivity contribution is -0.388. The summed E-state index contributed by atoms with van der Waals surface area (Å²) in [5, 5.41) is 19.8. The summed E-state index contributed by atoms with van der Waals surface area (Å²) >= 11 is 1.23. The van der Waals surface area contributed by atoms with E-state index in [4.69, 9.17) is 5.11 Å². The fourth-order valence-electron chi connectivity index (χ4n) is 1.00. The van der Waals surface area contributed by atoms with E-state index in [-0.39, 0.29) is 21.5 Å². The quantitative estimate of drug-likeness (QED) is 0.494. The molecule has 0 unspecified atom stereocenters. The number of aromatic nitrogens is 1. The second-order valence-electron chi connectivity index (χ2n) is 3.28. The summed E-state index contributed by atoms with van der Waals surface area (Å²) in [6.45, 7) is 3.75. The fraction of sp³-hybridized carbons (Fsp3) is 0.333. The van der Waals surface area contributed by atoms with E-state index in [9.17, 15) is 14.9 Å². The molecule has 1 aromatic rings. The Bertz CT molecular complexity index is 434. The predicted molar refractivity (Wildman–Crippen MR) is 58.8 cm³/mol. The standard InChI is InChI=1S/C9H10N2O4S/c1-5(2)16-8-7(11(14)15)3-6(4-10-8)9(12)13/h3-5H,1-2H3,(H,12,13). The molecule has 0 saturated heterocycles. The number of nitro groups is 1. The summed E-state index contributed by atoms with van der Waals surface area (Å²) in [5.74, 6) is -1.23. The van der Waals surface area contributed by atoms with Gasteiger partial charge in [-0.05, 0) is 0 Å². The van der Waals surface area contributed by atoms with Crippen LogP contribution in [0.4, 0.5) is 5.69 Å². The topological polar surface area (TPSA) is 93.3 Å². The van der Waals surface area contributed by atoms with Crippen molar-refractivity contribution in [3.8, 4) is 0 Å². The lowest BCUT2D eigenvalue weighted by Crippen LogP contribution is -2.02. The van der Waals surface area contributed by atoms with Gasteiger partial charge in [0, 0.05) is 17.5 Å². The van der Waals surface area contributed by atoms with Gasteiger partial charge in [0.05, 0.1) is 10.5 Å². The highest BCUT2D eigenvalue weighted by molar-refractivity contribution is 7.99. The average Bonchev–Trinajstić information content (AvgIpc) is 2.16. The molecule has 7 heteroatoms. The summed E-state index contributed by atoms with van der Waals surface area (Å²) < 4.78 is 0. The summed E-state index contributed by atoms with van der Waals surface area (Å²) in [5.41, 5.74) is -0.446. The van der Waals surface area contributed by atoms with Crippen LogP contribution in [-0.4, -0.2) is 26.2 Å². The Morgan fingerprint density at radius 1 is 1.62 bits per heavy atom. The molecule has 0 atom stereocenters. The van der Waals surface area contributed by atoms with Gasteiger partial charge in [-0.2, -0.15) is 0 Å². The van der Waals surface area contributed by atoms with Gasteiger partial charge in [0.15, 0.2) is 5.03 Å². The second-order valence-corrected chi connectivity index (χ2v) is 4.84. The maximum Gasteiger partial charge on any atom is 0.337 e. The molecule has 0 aliphatic carbocycles. The Hall–Kier alpha value is -1.63. The molecule has 1 N–H and O–H groups in total. The van der Waals surface area contributed by atoms with Crippen LogP contribution in [-0.2, 0) is 0 Å². The van der Waals surface area contributed by atoms with Gasteiger partial charge in [-0.1, -0.05) is 25.6 Å². The number of rotatable bonds is 4. The SMILES string of the molecule is CC(C)Sc1ncc(C(=O)O)cc1[N+](=O)[O-]. The van der Waals surface area contributed by atoms with Crippen molar-refractivity contribution in [2.75, 3.05) is 0 Å². The van der Waals surface area contributed by atoms with Crippen LogP contribution in [0.1, 0.15) is 24.2 Å². The van der Waals surface area contributed by atoms with E-state index in [1.54, 1.807) is 0 Å². The zero-order valence-corrected chi connectivity index (χ0v) is 9.52. The third kappa shape index (κ3) is 2.93. The summed E-state index contributed by atoms with van der Waals surface area (Å²) in [4.78, 5) is 24.6. The Labute approximate surface area is 95.8 Å². The lowest BCUT2D eigenvalue weighted by atomic mass is 10.3. The van der Waals surface area contributed by atoms with Crippen molar-refractivity contribution in [3.63, 3.8) is 0 Å². The maximum absolute atomic E-state index is 10.7. The van der Waals surface area contributed by atoms with Crippen molar-refractivity contribution in [3.05, 3.63) is 27.9 Å². The molecule has 0 fully saturated rings. The first-order chi connectivity index (χ1) is 7.41. The van der Waals surface area contributed by atoms with Gasteiger partial charge in [0.2, 0.25) is 0 Å². The molecule has 0 spiro atoms. The van der Waals surface area contributed by atoms with Crippen molar-refractivity contribution < 1.29 is 14.8 Å². The molecule has 0 saturated carbocycles. The van der Waals surface area contributed by atoms with Crippen molar-refractivity contribution in [1.29, 1.82) is 0 Å². The number of aromatic carboxylic acids is 1. The summed E-state index contributed by atoms with van der Waals surface area (Å²) in [6.07, 6.45) is 1.13. The lowest BCUT2D eigenvalue weighted by Gasteiger charge is -2.04. The molecule has 0 amide bonds. The third-order valence-electron chi connectivity index (χ3n) is 1.62. The highest BCUT2D eigenvalue weighted by atomic mass is 32.2. The summed E-state index contributed by atoms with van der Waals surface area (Å²) in [6, 6.07) is 1.03. The molecule has 6 nitrogen and oxygen atoms in total. The molecule has 0 aliphatic heterocycles. The zero-order valence-electron chi connectivity index (χ0n) is 8.71. The molecule has 16 heavy (non-hydrogen) atoms. The molecule has 1 rings (SSSR count). The van der Waals surface area contributed by atoms with Crippen LogP contribution in [0.3, 0.4) is 0 Å². The number of hydrogen-bond donors (Lipinski definition) is 1. The first-order valence-corrected chi connectivity index (χ1v) is 5.34. The smallest absolute Gasteiger partial charge is 0.337 e. The van der Waals surface area contributed by atoms with E-state index < -0.39 is 10.9 Å². The Morgan fingerprint density at radius 2 is 2.25 bits per heavy atom. The van der Waals surface area contributed by atoms with Crippen molar-refractivity contribution in [1.82, 2.24) is 4.98 Å². The number of nitrogens with zero attached hydrogens (tertiary/aromatic N) is 2. The highest BCUT2D eigenvalue weighted by Crippen LogP contribution is 2.30. The van der Waals surface area contributed by atoms with Crippen LogP contribution >= 0.6 is 11.8 Å². The molecule has 1 aromatic heterocycles. The predicted octanol–water partition coefficient (Wildman–Crippen LogP) is 2.19. The van der Waals surface area contributed by atoms with E-state index in [0.29, 0.717) is 0 Å². The Balaban J connectivity index is 3.19.